The Bertz CT molecular complexity index is 334. The molecule has 0 aromatic carbocycles. The molecule has 2 N–H and O–H groups in total. The van der Waals surface area contributed by atoms with Gasteiger partial charge in [-0.15, -0.1) is 0 Å². The van der Waals surface area contributed by atoms with Crippen LogP contribution in [-0.2, 0) is 4.79 Å². The van der Waals surface area contributed by atoms with E-state index >= 15 is 0 Å². The summed E-state index contributed by atoms with van der Waals surface area (Å²) in [6, 6.07) is -0.315. The molecule has 0 spiro atoms. The van der Waals surface area contributed by atoms with Crippen LogP contribution in [0.15, 0.2) is 0 Å². The van der Waals surface area contributed by atoms with Crippen LogP contribution < -0.4 is 5.32 Å². The molecule has 3 atom stereocenters. The van der Waals surface area contributed by atoms with Crippen molar-refractivity contribution in [1.29, 1.82) is 0 Å². The third kappa shape index (κ3) is 3.61. The monoisotopic (exact) mass is 268 g/mol. The molecular formula is C14H24N2O3. The molecule has 5 heteroatoms. The van der Waals surface area contributed by atoms with E-state index in [4.69, 9.17) is 5.11 Å². The van der Waals surface area contributed by atoms with Crippen molar-refractivity contribution in [2.75, 3.05) is 13.1 Å². The Hall–Kier alpha value is -1.26. The minimum Gasteiger partial charge on any atom is -0.481 e. The predicted molar refractivity (Wildman–Crippen MR) is 71.9 cm³/mol. The van der Waals surface area contributed by atoms with E-state index < -0.39 is 5.97 Å². The highest BCUT2D eigenvalue weighted by molar-refractivity contribution is 5.76. The largest absolute Gasteiger partial charge is 0.481 e. The topological polar surface area (TPSA) is 69.6 Å². The van der Waals surface area contributed by atoms with E-state index in [1.807, 2.05) is 11.8 Å². The second-order valence-electron chi connectivity index (χ2n) is 5.89. The second-order valence-corrected chi connectivity index (χ2v) is 5.89. The van der Waals surface area contributed by atoms with Gasteiger partial charge in [-0.2, -0.15) is 0 Å². The van der Waals surface area contributed by atoms with Crippen molar-refractivity contribution >= 4 is 12.0 Å². The average Bonchev–Trinajstić information content (AvgIpc) is 2.87. The van der Waals surface area contributed by atoms with Gasteiger partial charge in [0.25, 0.3) is 0 Å². The lowest BCUT2D eigenvalue weighted by molar-refractivity contribution is -0.137. The van der Waals surface area contributed by atoms with Crippen LogP contribution in [0, 0.1) is 11.8 Å². The fourth-order valence-electron chi connectivity index (χ4n) is 3.45. The lowest BCUT2D eigenvalue weighted by Crippen LogP contribution is -2.45. The highest BCUT2D eigenvalue weighted by atomic mass is 16.4. The van der Waals surface area contributed by atoms with Crippen LogP contribution in [0.3, 0.4) is 0 Å². The Balaban J connectivity index is 1.83. The van der Waals surface area contributed by atoms with Crippen molar-refractivity contribution < 1.29 is 14.7 Å². The van der Waals surface area contributed by atoms with E-state index in [0.717, 1.165) is 25.9 Å². The molecular weight excluding hydrogens is 244 g/mol. The van der Waals surface area contributed by atoms with Crippen LogP contribution in [0.5, 0.6) is 0 Å². The van der Waals surface area contributed by atoms with Crippen molar-refractivity contribution in [3.63, 3.8) is 0 Å². The summed E-state index contributed by atoms with van der Waals surface area (Å²) in [6.45, 7) is 3.70. The van der Waals surface area contributed by atoms with E-state index in [0.29, 0.717) is 11.8 Å². The first-order valence-corrected chi connectivity index (χ1v) is 7.37. The first kappa shape index (κ1) is 14.2. The second kappa shape index (κ2) is 6.26. The molecule has 1 heterocycles. The number of amides is 2. The summed E-state index contributed by atoms with van der Waals surface area (Å²) in [5.74, 6) is 0.502. The normalized spacial score (nSPS) is 27.1. The van der Waals surface area contributed by atoms with E-state index in [1.54, 1.807) is 0 Å². The van der Waals surface area contributed by atoms with E-state index in [2.05, 4.69) is 5.32 Å². The fraction of sp³-hybridized carbons (Fsp3) is 0.857. The Labute approximate surface area is 114 Å². The number of hydrogen-bond donors (Lipinski definition) is 2. The van der Waals surface area contributed by atoms with Gasteiger partial charge in [0.1, 0.15) is 0 Å². The van der Waals surface area contributed by atoms with Gasteiger partial charge in [0.2, 0.25) is 0 Å². The van der Waals surface area contributed by atoms with Crippen LogP contribution in [0.4, 0.5) is 4.79 Å². The summed E-state index contributed by atoms with van der Waals surface area (Å²) in [7, 11) is 0. The Kier molecular flexibility index (Phi) is 4.66. The number of aliphatic carboxylic acids is 1. The highest BCUT2D eigenvalue weighted by Crippen LogP contribution is 2.37. The molecule has 1 aliphatic heterocycles. The zero-order valence-corrected chi connectivity index (χ0v) is 11.6. The first-order chi connectivity index (χ1) is 9.10. The molecule has 0 bridgehead atoms. The number of carboxylic acids is 1. The molecule has 5 nitrogen and oxygen atoms in total. The molecule has 2 amide bonds. The number of carbonyl (C=O) groups excluding carboxylic acids is 1. The zero-order valence-electron chi connectivity index (χ0n) is 11.6. The van der Waals surface area contributed by atoms with Gasteiger partial charge in [0.15, 0.2) is 0 Å². The lowest BCUT2D eigenvalue weighted by Gasteiger charge is -2.22. The molecule has 0 radical (unpaired) electrons. The third-order valence-electron chi connectivity index (χ3n) is 4.40. The van der Waals surface area contributed by atoms with E-state index in [-0.39, 0.29) is 18.5 Å². The summed E-state index contributed by atoms with van der Waals surface area (Å²) < 4.78 is 0. The quantitative estimate of drug-likeness (QED) is 0.802. The van der Waals surface area contributed by atoms with Gasteiger partial charge in [0.05, 0.1) is 6.42 Å². The molecule has 0 aromatic rings. The highest BCUT2D eigenvalue weighted by Gasteiger charge is 2.38. The van der Waals surface area contributed by atoms with Gasteiger partial charge in [-0.1, -0.05) is 19.8 Å². The van der Waals surface area contributed by atoms with Crippen molar-refractivity contribution in [2.45, 2.75) is 51.5 Å². The van der Waals surface area contributed by atoms with Gasteiger partial charge >= 0.3 is 12.0 Å². The van der Waals surface area contributed by atoms with E-state index in [1.165, 1.54) is 19.3 Å². The van der Waals surface area contributed by atoms with Gasteiger partial charge < -0.3 is 15.3 Å². The molecule has 2 aliphatic rings. The first-order valence-electron chi connectivity index (χ1n) is 7.37. The van der Waals surface area contributed by atoms with Crippen LogP contribution in [0.2, 0.25) is 0 Å². The molecule has 2 rings (SSSR count). The van der Waals surface area contributed by atoms with Crippen LogP contribution in [0.1, 0.15) is 45.4 Å². The lowest BCUT2D eigenvalue weighted by atomic mass is 10.0. The smallest absolute Gasteiger partial charge is 0.317 e. The number of nitrogens with one attached hydrogen (secondary N) is 1. The van der Waals surface area contributed by atoms with Crippen LogP contribution >= 0.6 is 0 Å². The van der Waals surface area contributed by atoms with Crippen molar-refractivity contribution in [3.8, 4) is 0 Å². The molecule has 3 unspecified atom stereocenters. The molecule has 1 aliphatic carbocycles. The number of nitrogens with zero attached hydrogens (tertiary/aromatic N) is 1. The predicted octanol–water partition coefficient (Wildman–Crippen LogP) is 2.07. The molecule has 1 saturated heterocycles. The number of fused-ring (bicyclic) bond motifs is 1. The maximum absolute atomic E-state index is 12.2. The Morgan fingerprint density at radius 1 is 1.32 bits per heavy atom. The molecule has 0 aromatic heterocycles. The van der Waals surface area contributed by atoms with E-state index in [9.17, 15) is 9.59 Å². The molecule has 2 fully saturated rings. The van der Waals surface area contributed by atoms with Gasteiger partial charge in [-0.3, -0.25) is 4.79 Å². The zero-order chi connectivity index (χ0) is 13.8. The van der Waals surface area contributed by atoms with Gasteiger partial charge in [0, 0.05) is 19.1 Å². The minimum absolute atomic E-state index is 0.0142. The number of hydrogen-bond acceptors (Lipinski definition) is 2. The number of rotatable bonds is 5. The SMILES string of the molecule is CCCC(CC(=O)O)NC(=O)N1CC2CCCC2C1. The third-order valence-corrected chi connectivity index (χ3v) is 4.40. The maximum atomic E-state index is 12.2. The summed E-state index contributed by atoms with van der Waals surface area (Å²) in [5, 5.41) is 11.7. The summed E-state index contributed by atoms with van der Waals surface area (Å²) >= 11 is 0. The number of likely N-dealkylation sites (tertiary alicyclic amines) is 1. The maximum Gasteiger partial charge on any atom is 0.317 e. The fourth-order valence-corrected chi connectivity index (χ4v) is 3.45. The molecule has 108 valence electrons. The summed E-state index contributed by atoms with van der Waals surface area (Å²) in [5.41, 5.74) is 0. The number of carbonyl (C=O) groups is 2. The van der Waals surface area contributed by atoms with Crippen molar-refractivity contribution in [1.82, 2.24) is 10.2 Å². The van der Waals surface area contributed by atoms with Crippen LogP contribution in [0.25, 0.3) is 0 Å². The Morgan fingerprint density at radius 3 is 2.47 bits per heavy atom. The number of carboxylic acid groups (broad SMARTS) is 1. The summed E-state index contributed by atoms with van der Waals surface area (Å²) in [6.07, 6.45) is 5.38. The van der Waals surface area contributed by atoms with Crippen molar-refractivity contribution in [3.05, 3.63) is 0 Å². The van der Waals surface area contributed by atoms with Gasteiger partial charge in [-0.25, -0.2) is 4.79 Å². The van der Waals surface area contributed by atoms with Gasteiger partial charge in [-0.05, 0) is 31.1 Å². The number of urea groups is 1. The minimum atomic E-state index is -0.850. The summed E-state index contributed by atoms with van der Waals surface area (Å²) in [4.78, 5) is 24.8. The van der Waals surface area contributed by atoms with Crippen LogP contribution in [-0.4, -0.2) is 41.1 Å². The molecule has 1 saturated carbocycles. The molecule has 19 heavy (non-hydrogen) atoms. The standard InChI is InChI=1S/C14H24N2O3/c1-2-4-12(7-13(17)18)15-14(19)16-8-10-5-3-6-11(10)9-16/h10-12H,2-9H2,1H3,(H,15,19)(H,17,18). The average molecular weight is 268 g/mol. The Morgan fingerprint density at radius 2 is 1.95 bits per heavy atom. The van der Waals surface area contributed by atoms with Crippen molar-refractivity contribution in [2.24, 2.45) is 11.8 Å².